The van der Waals surface area contributed by atoms with Crippen LogP contribution in [0, 0.1) is 0 Å². The number of hydrogen-bond donors (Lipinski definition) is 1. The van der Waals surface area contributed by atoms with Gasteiger partial charge in [0.2, 0.25) is 0 Å². The van der Waals surface area contributed by atoms with E-state index in [9.17, 15) is 14.4 Å². The molecule has 1 aromatic heterocycles. The molecule has 1 heterocycles. The number of amides is 1. The minimum atomic E-state index is -0.606. The number of aromatic nitrogens is 1. The quantitative estimate of drug-likeness (QED) is 0.816. The summed E-state index contributed by atoms with van der Waals surface area (Å²) in [5, 5.41) is 2.57. The summed E-state index contributed by atoms with van der Waals surface area (Å²) < 4.78 is 9.77. The molecule has 1 N–H and O–H groups in total. The molecule has 0 saturated heterocycles. The average molecular weight is 328 g/mol. The normalized spacial score (nSPS) is 9.88. The lowest BCUT2D eigenvalue weighted by atomic mass is 10.2. The highest BCUT2D eigenvalue weighted by Gasteiger charge is 2.11. The number of anilines is 1. The third-order valence-electron chi connectivity index (χ3n) is 2.93. The maximum Gasteiger partial charge on any atom is 0.338 e. The summed E-state index contributed by atoms with van der Waals surface area (Å²) in [6.07, 6.45) is 2.92. The fourth-order valence-corrected chi connectivity index (χ4v) is 1.80. The zero-order valence-corrected chi connectivity index (χ0v) is 13.0. The van der Waals surface area contributed by atoms with Gasteiger partial charge in [-0.25, -0.2) is 9.59 Å². The first kappa shape index (κ1) is 17.1. The minimum Gasteiger partial charge on any atom is -0.462 e. The van der Waals surface area contributed by atoms with Gasteiger partial charge in [-0.3, -0.25) is 9.78 Å². The van der Waals surface area contributed by atoms with Gasteiger partial charge in [-0.2, -0.15) is 0 Å². The Hall–Kier alpha value is -3.22. The first-order chi connectivity index (χ1) is 11.6. The number of rotatable bonds is 6. The summed E-state index contributed by atoms with van der Waals surface area (Å²) in [7, 11) is 0. The second kappa shape index (κ2) is 8.42. The van der Waals surface area contributed by atoms with Gasteiger partial charge in [-0.15, -0.1) is 0 Å². The van der Waals surface area contributed by atoms with Crippen molar-refractivity contribution < 1.29 is 23.9 Å². The lowest BCUT2D eigenvalue weighted by Gasteiger charge is -2.07. The highest BCUT2D eigenvalue weighted by Crippen LogP contribution is 2.10. The van der Waals surface area contributed by atoms with Crippen LogP contribution in [0.5, 0.6) is 0 Å². The highest BCUT2D eigenvalue weighted by molar-refractivity contribution is 5.96. The average Bonchev–Trinajstić information content (AvgIpc) is 2.61. The summed E-state index contributed by atoms with van der Waals surface area (Å²) in [6.45, 7) is 1.60. The summed E-state index contributed by atoms with van der Waals surface area (Å²) in [4.78, 5) is 38.8. The SMILES string of the molecule is CCOC(=O)c1ccc(NC(=O)COC(=O)c2ccncc2)cc1. The summed E-state index contributed by atoms with van der Waals surface area (Å²) in [5.41, 5.74) is 1.18. The van der Waals surface area contributed by atoms with Crippen molar-refractivity contribution >= 4 is 23.5 Å². The van der Waals surface area contributed by atoms with E-state index in [2.05, 4.69) is 10.3 Å². The number of nitrogens with zero attached hydrogens (tertiary/aromatic N) is 1. The van der Waals surface area contributed by atoms with E-state index in [0.29, 0.717) is 23.4 Å². The molecule has 0 aliphatic carbocycles. The molecule has 7 heteroatoms. The topological polar surface area (TPSA) is 94.6 Å². The van der Waals surface area contributed by atoms with Gasteiger partial charge in [0.15, 0.2) is 6.61 Å². The molecule has 1 amide bonds. The number of hydrogen-bond acceptors (Lipinski definition) is 6. The van der Waals surface area contributed by atoms with E-state index in [1.807, 2.05) is 0 Å². The zero-order valence-electron chi connectivity index (χ0n) is 13.0. The van der Waals surface area contributed by atoms with Gasteiger partial charge in [0.1, 0.15) is 0 Å². The molecule has 2 aromatic rings. The van der Waals surface area contributed by atoms with Crippen molar-refractivity contribution in [1.29, 1.82) is 0 Å². The monoisotopic (exact) mass is 328 g/mol. The van der Waals surface area contributed by atoms with Crippen molar-refractivity contribution in [3.8, 4) is 0 Å². The fraction of sp³-hybridized carbons (Fsp3) is 0.176. The number of nitrogens with one attached hydrogen (secondary N) is 1. The van der Waals surface area contributed by atoms with Crippen molar-refractivity contribution in [3.63, 3.8) is 0 Å². The summed E-state index contributed by atoms with van der Waals surface area (Å²) in [5.74, 6) is -1.52. The van der Waals surface area contributed by atoms with E-state index < -0.39 is 24.5 Å². The molecule has 0 radical (unpaired) electrons. The van der Waals surface area contributed by atoms with Gasteiger partial charge in [-0.1, -0.05) is 0 Å². The number of esters is 2. The molecule has 1 aromatic carbocycles. The lowest BCUT2D eigenvalue weighted by Crippen LogP contribution is -2.21. The summed E-state index contributed by atoms with van der Waals surface area (Å²) >= 11 is 0. The molecule has 7 nitrogen and oxygen atoms in total. The van der Waals surface area contributed by atoms with Crippen molar-refractivity contribution in [1.82, 2.24) is 4.98 Å². The second-order valence-corrected chi connectivity index (χ2v) is 4.66. The van der Waals surface area contributed by atoms with Crippen LogP contribution in [-0.4, -0.2) is 36.0 Å². The number of carbonyl (C=O) groups excluding carboxylic acids is 3. The molecule has 0 fully saturated rings. The second-order valence-electron chi connectivity index (χ2n) is 4.66. The van der Waals surface area contributed by atoms with Crippen LogP contribution in [-0.2, 0) is 14.3 Å². The van der Waals surface area contributed by atoms with E-state index in [4.69, 9.17) is 9.47 Å². The molecule has 0 unspecified atom stereocenters. The Morgan fingerprint density at radius 2 is 1.50 bits per heavy atom. The Balaban J connectivity index is 1.84. The maximum atomic E-state index is 11.8. The molecular weight excluding hydrogens is 312 g/mol. The smallest absolute Gasteiger partial charge is 0.338 e. The Bertz CT molecular complexity index is 714. The van der Waals surface area contributed by atoms with Gasteiger partial charge in [0.25, 0.3) is 5.91 Å². The van der Waals surface area contributed by atoms with Crippen LogP contribution in [0.1, 0.15) is 27.6 Å². The van der Waals surface area contributed by atoms with Crippen LogP contribution in [0.3, 0.4) is 0 Å². The van der Waals surface area contributed by atoms with Crippen LogP contribution in [0.25, 0.3) is 0 Å². The predicted octanol–water partition coefficient (Wildman–Crippen LogP) is 2.05. The third-order valence-corrected chi connectivity index (χ3v) is 2.93. The van der Waals surface area contributed by atoms with Gasteiger partial charge in [0.05, 0.1) is 17.7 Å². The molecule has 0 spiro atoms. The molecule has 124 valence electrons. The lowest BCUT2D eigenvalue weighted by molar-refractivity contribution is -0.119. The van der Waals surface area contributed by atoms with Crippen molar-refractivity contribution in [3.05, 3.63) is 59.9 Å². The van der Waals surface area contributed by atoms with E-state index in [-0.39, 0.29) is 0 Å². The number of benzene rings is 1. The van der Waals surface area contributed by atoms with Crippen LogP contribution >= 0.6 is 0 Å². The first-order valence-electron chi connectivity index (χ1n) is 7.24. The predicted molar refractivity (Wildman–Crippen MR) is 85.5 cm³/mol. The molecular formula is C17H16N2O5. The molecule has 0 saturated carbocycles. The molecule has 0 aliphatic rings. The zero-order chi connectivity index (χ0) is 17.4. The molecule has 2 rings (SSSR count). The van der Waals surface area contributed by atoms with E-state index in [0.717, 1.165) is 0 Å². The number of ether oxygens (including phenoxy) is 2. The standard InChI is InChI=1S/C17H16N2O5/c1-2-23-16(21)12-3-5-14(6-4-12)19-15(20)11-24-17(22)13-7-9-18-10-8-13/h3-10H,2,11H2,1H3,(H,19,20). The number of carbonyl (C=O) groups is 3. The molecule has 0 bridgehead atoms. The Morgan fingerprint density at radius 3 is 2.12 bits per heavy atom. The van der Waals surface area contributed by atoms with E-state index in [1.54, 1.807) is 19.1 Å². The highest BCUT2D eigenvalue weighted by atomic mass is 16.5. The third kappa shape index (κ3) is 4.91. The molecule has 0 atom stereocenters. The van der Waals surface area contributed by atoms with Crippen LogP contribution in [0.2, 0.25) is 0 Å². The van der Waals surface area contributed by atoms with Crippen molar-refractivity contribution in [2.75, 3.05) is 18.5 Å². The van der Waals surface area contributed by atoms with Crippen molar-refractivity contribution in [2.45, 2.75) is 6.92 Å². The maximum absolute atomic E-state index is 11.8. The van der Waals surface area contributed by atoms with Crippen LogP contribution < -0.4 is 5.32 Å². The van der Waals surface area contributed by atoms with Gasteiger partial charge in [0, 0.05) is 18.1 Å². The first-order valence-corrected chi connectivity index (χ1v) is 7.24. The van der Waals surface area contributed by atoms with Crippen molar-refractivity contribution in [2.24, 2.45) is 0 Å². The summed E-state index contributed by atoms with van der Waals surface area (Å²) in [6, 6.07) is 9.19. The molecule has 24 heavy (non-hydrogen) atoms. The Kier molecular flexibility index (Phi) is 6.01. The Morgan fingerprint density at radius 1 is 0.917 bits per heavy atom. The largest absolute Gasteiger partial charge is 0.462 e. The van der Waals surface area contributed by atoms with E-state index in [1.165, 1.54) is 36.7 Å². The minimum absolute atomic E-state index is 0.292. The Labute approximate surface area is 138 Å². The van der Waals surface area contributed by atoms with E-state index >= 15 is 0 Å². The fourth-order valence-electron chi connectivity index (χ4n) is 1.80. The van der Waals surface area contributed by atoms with Crippen LogP contribution in [0.15, 0.2) is 48.8 Å². The van der Waals surface area contributed by atoms with Crippen LogP contribution in [0.4, 0.5) is 5.69 Å². The molecule has 0 aliphatic heterocycles. The number of pyridine rings is 1. The van der Waals surface area contributed by atoms with Gasteiger partial charge in [-0.05, 0) is 43.3 Å². The van der Waals surface area contributed by atoms with Gasteiger partial charge < -0.3 is 14.8 Å². The van der Waals surface area contributed by atoms with Gasteiger partial charge >= 0.3 is 11.9 Å².